The Bertz CT molecular complexity index is 569. The van der Waals surface area contributed by atoms with Crippen molar-refractivity contribution in [3.8, 4) is 0 Å². The van der Waals surface area contributed by atoms with E-state index in [-0.39, 0.29) is 0 Å². The van der Waals surface area contributed by atoms with Crippen molar-refractivity contribution >= 4 is 11.6 Å². The predicted octanol–water partition coefficient (Wildman–Crippen LogP) is 0.838. The molecule has 114 valence electrons. The number of hydrogen-bond acceptors (Lipinski definition) is 7. The van der Waals surface area contributed by atoms with Gasteiger partial charge in [-0.05, 0) is 6.92 Å². The molecule has 0 atom stereocenters. The van der Waals surface area contributed by atoms with Gasteiger partial charge in [0, 0.05) is 39.7 Å². The van der Waals surface area contributed by atoms with Crippen LogP contribution in [0.3, 0.4) is 0 Å². The lowest BCUT2D eigenvalue weighted by molar-refractivity contribution is 0.128. The number of hydrogen-bond donors (Lipinski definition) is 2. The highest BCUT2D eigenvalue weighted by Gasteiger charge is 2.05. The van der Waals surface area contributed by atoms with Gasteiger partial charge in [-0.25, -0.2) is 15.0 Å². The minimum Gasteiger partial charge on any atom is -0.374 e. The molecule has 0 saturated heterocycles. The Balaban J connectivity index is 1.94. The molecule has 0 saturated carbocycles. The number of nitrogens with one attached hydrogen (secondary N) is 2. The smallest absolute Gasteiger partial charge is 0.158 e. The molecule has 8 nitrogen and oxygen atoms in total. The summed E-state index contributed by atoms with van der Waals surface area (Å²) in [4.78, 5) is 13.0. The maximum atomic E-state index is 5.35. The molecule has 0 aliphatic heterocycles. The average molecular weight is 291 g/mol. The second-order valence-corrected chi connectivity index (χ2v) is 4.45. The maximum Gasteiger partial charge on any atom is 0.158 e. The molecule has 0 spiro atoms. The third-order valence-electron chi connectivity index (χ3n) is 2.77. The van der Waals surface area contributed by atoms with Crippen LogP contribution in [-0.4, -0.2) is 44.9 Å². The lowest BCUT2D eigenvalue weighted by Crippen LogP contribution is -2.11. The molecule has 0 aliphatic carbocycles. The van der Waals surface area contributed by atoms with Gasteiger partial charge in [0.2, 0.25) is 0 Å². The zero-order valence-corrected chi connectivity index (χ0v) is 12.6. The summed E-state index contributed by atoms with van der Waals surface area (Å²) in [6.45, 7) is 3.70. The molecular weight excluding hydrogens is 270 g/mol. The standard InChI is InChI=1S/C13H21N7O/c1-4-21-8-13-17-11(14-2)7-12(18-13)15-6-5-10-16-9-20(3)19-10/h7,9H,4-6,8H2,1-3H3,(H2,14,15,17,18). The molecule has 21 heavy (non-hydrogen) atoms. The molecule has 2 aromatic heterocycles. The molecule has 2 N–H and O–H groups in total. The second-order valence-electron chi connectivity index (χ2n) is 4.45. The molecule has 0 fully saturated rings. The third kappa shape index (κ3) is 4.67. The van der Waals surface area contributed by atoms with E-state index in [1.165, 1.54) is 0 Å². The minimum absolute atomic E-state index is 0.405. The zero-order valence-electron chi connectivity index (χ0n) is 12.6. The van der Waals surface area contributed by atoms with Gasteiger partial charge in [-0.15, -0.1) is 0 Å². The minimum atomic E-state index is 0.405. The Hall–Kier alpha value is -2.22. The van der Waals surface area contributed by atoms with E-state index in [0.29, 0.717) is 25.6 Å². The van der Waals surface area contributed by atoms with Crippen LogP contribution in [0.25, 0.3) is 0 Å². The fourth-order valence-electron chi connectivity index (χ4n) is 1.77. The van der Waals surface area contributed by atoms with Crippen LogP contribution in [0.5, 0.6) is 0 Å². The van der Waals surface area contributed by atoms with Gasteiger partial charge in [0.25, 0.3) is 0 Å². The Morgan fingerprint density at radius 2 is 2.05 bits per heavy atom. The van der Waals surface area contributed by atoms with Crippen molar-refractivity contribution in [3.63, 3.8) is 0 Å². The van der Waals surface area contributed by atoms with Gasteiger partial charge in [-0.2, -0.15) is 5.10 Å². The highest BCUT2D eigenvalue weighted by atomic mass is 16.5. The largest absolute Gasteiger partial charge is 0.374 e. The van der Waals surface area contributed by atoms with E-state index in [2.05, 4.69) is 30.7 Å². The highest BCUT2D eigenvalue weighted by Crippen LogP contribution is 2.11. The molecule has 2 aromatic rings. The molecule has 0 bridgehead atoms. The van der Waals surface area contributed by atoms with Crippen LogP contribution in [0.2, 0.25) is 0 Å². The van der Waals surface area contributed by atoms with Gasteiger partial charge in [0.05, 0.1) is 0 Å². The normalized spacial score (nSPS) is 10.6. The summed E-state index contributed by atoms with van der Waals surface area (Å²) < 4.78 is 7.04. The third-order valence-corrected chi connectivity index (χ3v) is 2.77. The summed E-state index contributed by atoms with van der Waals surface area (Å²) in [5.41, 5.74) is 0. The maximum absolute atomic E-state index is 5.35. The van der Waals surface area contributed by atoms with Gasteiger partial charge < -0.3 is 15.4 Å². The monoisotopic (exact) mass is 291 g/mol. The van der Waals surface area contributed by atoms with Crippen molar-refractivity contribution in [2.45, 2.75) is 20.0 Å². The molecule has 2 rings (SSSR count). The van der Waals surface area contributed by atoms with Crippen molar-refractivity contribution in [1.29, 1.82) is 0 Å². The van der Waals surface area contributed by atoms with E-state index < -0.39 is 0 Å². The molecule has 8 heteroatoms. The molecule has 0 unspecified atom stereocenters. The zero-order chi connectivity index (χ0) is 15.1. The molecule has 0 aromatic carbocycles. The summed E-state index contributed by atoms with van der Waals surface area (Å²) in [5.74, 6) is 2.99. The lowest BCUT2D eigenvalue weighted by atomic mass is 10.4. The topological polar surface area (TPSA) is 89.8 Å². The van der Waals surface area contributed by atoms with E-state index >= 15 is 0 Å². The average Bonchev–Trinajstić information content (AvgIpc) is 2.90. The number of nitrogens with zero attached hydrogens (tertiary/aromatic N) is 5. The van der Waals surface area contributed by atoms with Crippen molar-refractivity contribution in [3.05, 3.63) is 24.0 Å². The van der Waals surface area contributed by atoms with E-state index in [0.717, 1.165) is 23.9 Å². The van der Waals surface area contributed by atoms with Crippen molar-refractivity contribution < 1.29 is 4.74 Å². The summed E-state index contributed by atoms with van der Waals surface area (Å²) >= 11 is 0. The van der Waals surface area contributed by atoms with Gasteiger partial charge >= 0.3 is 0 Å². The summed E-state index contributed by atoms with van der Waals surface area (Å²) in [7, 11) is 3.68. The number of rotatable bonds is 8. The van der Waals surface area contributed by atoms with Gasteiger partial charge in [0.1, 0.15) is 24.6 Å². The first-order chi connectivity index (χ1) is 10.2. The van der Waals surface area contributed by atoms with E-state index in [9.17, 15) is 0 Å². The van der Waals surface area contributed by atoms with Crippen LogP contribution in [0.15, 0.2) is 12.4 Å². The van der Waals surface area contributed by atoms with E-state index in [4.69, 9.17) is 4.74 Å². The van der Waals surface area contributed by atoms with Gasteiger partial charge in [-0.1, -0.05) is 0 Å². The Labute approximate surface area is 124 Å². The Morgan fingerprint density at radius 3 is 2.71 bits per heavy atom. The first-order valence-electron chi connectivity index (χ1n) is 6.93. The second kappa shape index (κ2) is 7.53. The highest BCUT2D eigenvalue weighted by molar-refractivity contribution is 5.47. The van der Waals surface area contributed by atoms with Gasteiger partial charge in [0.15, 0.2) is 11.6 Å². The van der Waals surface area contributed by atoms with Gasteiger partial charge in [-0.3, -0.25) is 4.68 Å². The number of aryl methyl sites for hydroxylation is 1. The van der Waals surface area contributed by atoms with Crippen LogP contribution < -0.4 is 10.6 Å². The number of anilines is 2. The van der Waals surface area contributed by atoms with Crippen LogP contribution in [0.4, 0.5) is 11.6 Å². The SMILES string of the molecule is CCOCc1nc(NC)cc(NCCc2ncn(C)n2)n1. The Morgan fingerprint density at radius 1 is 1.24 bits per heavy atom. The predicted molar refractivity (Wildman–Crippen MR) is 80.1 cm³/mol. The molecular formula is C13H21N7O. The number of ether oxygens (including phenoxy) is 1. The molecule has 0 aliphatic rings. The van der Waals surface area contributed by atoms with E-state index in [1.807, 2.05) is 27.1 Å². The van der Waals surface area contributed by atoms with Crippen LogP contribution in [0, 0.1) is 0 Å². The van der Waals surface area contributed by atoms with Crippen molar-refractivity contribution in [1.82, 2.24) is 24.7 Å². The summed E-state index contributed by atoms with van der Waals surface area (Å²) in [5, 5.41) is 10.5. The summed E-state index contributed by atoms with van der Waals surface area (Å²) in [6.07, 6.45) is 2.43. The molecule has 2 heterocycles. The quantitative estimate of drug-likeness (QED) is 0.744. The van der Waals surface area contributed by atoms with E-state index in [1.54, 1.807) is 11.0 Å². The lowest BCUT2D eigenvalue weighted by Gasteiger charge is -2.09. The molecule has 0 amide bonds. The number of aromatic nitrogens is 5. The van der Waals surface area contributed by atoms with Crippen LogP contribution in [-0.2, 0) is 24.8 Å². The van der Waals surface area contributed by atoms with Crippen LogP contribution >= 0.6 is 0 Å². The first-order valence-corrected chi connectivity index (χ1v) is 6.93. The van der Waals surface area contributed by atoms with Crippen molar-refractivity contribution in [2.75, 3.05) is 30.8 Å². The van der Waals surface area contributed by atoms with Crippen LogP contribution in [0.1, 0.15) is 18.6 Å². The fourth-order valence-corrected chi connectivity index (χ4v) is 1.77. The Kier molecular flexibility index (Phi) is 5.44. The summed E-state index contributed by atoms with van der Waals surface area (Å²) in [6, 6.07) is 1.86. The van der Waals surface area contributed by atoms with Crippen molar-refractivity contribution in [2.24, 2.45) is 7.05 Å². The molecule has 0 radical (unpaired) electrons. The first kappa shape index (κ1) is 15.2. The fraction of sp³-hybridized carbons (Fsp3) is 0.538.